The number of benzene rings is 1. The molecule has 0 fully saturated rings. The number of rotatable bonds is 2. The second-order valence-electron chi connectivity index (χ2n) is 3.61. The lowest BCUT2D eigenvalue weighted by Gasteiger charge is -1.98. The Morgan fingerprint density at radius 1 is 1.25 bits per heavy atom. The van der Waals surface area contributed by atoms with Gasteiger partial charge in [0.25, 0.3) is 0 Å². The molecule has 0 atom stereocenters. The zero-order chi connectivity index (χ0) is 11.5. The molecule has 2 aromatic rings. The number of amides is 1. The number of nitrogen functional groups attached to an aromatic ring is 1. The van der Waals surface area contributed by atoms with Crippen molar-refractivity contribution in [1.29, 1.82) is 0 Å². The summed E-state index contributed by atoms with van der Waals surface area (Å²) in [5.74, 6) is 0.602. The van der Waals surface area contributed by atoms with Gasteiger partial charge in [-0.3, -0.25) is 4.79 Å². The van der Waals surface area contributed by atoms with Crippen LogP contribution in [0.5, 0.6) is 0 Å². The Hall–Kier alpha value is -2.23. The van der Waals surface area contributed by atoms with E-state index in [2.05, 4.69) is 10.3 Å². The van der Waals surface area contributed by atoms with Crippen molar-refractivity contribution in [2.24, 2.45) is 0 Å². The van der Waals surface area contributed by atoms with Crippen molar-refractivity contribution < 1.29 is 4.79 Å². The first-order valence-electron chi connectivity index (χ1n) is 4.97. The maximum absolute atomic E-state index is 10.9. The van der Waals surface area contributed by atoms with Gasteiger partial charge in [-0.1, -0.05) is 12.1 Å². The highest BCUT2D eigenvalue weighted by atomic mass is 16.1. The lowest BCUT2D eigenvalue weighted by atomic mass is 10.1. The van der Waals surface area contributed by atoms with Crippen molar-refractivity contribution >= 4 is 17.4 Å². The van der Waals surface area contributed by atoms with E-state index in [1.54, 1.807) is 0 Å². The third-order valence-corrected chi connectivity index (χ3v) is 2.24. The summed E-state index contributed by atoms with van der Waals surface area (Å²) < 4.78 is 0. The van der Waals surface area contributed by atoms with E-state index in [9.17, 15) is 4.79 Å². The van der Waals surface area contributed by atoms with Crippen LogP contribution in [0.1, 0.15) is 6.92 Å². The van der Waals surface area contributed by atoms with E-state index < -0.39 is 0 Å². The van der Waals surface area contributed by atoms with E-state index in [1.807, 2.05) is 36.5 Å². The van der Waals surface area contributed by atoms with Gasteiger partial charge in [0.15, 0.2) is 0 Å². The van der Waals surface area contributed by atoms with Gasteiger partial charge in [-0.05, 0) is 23.8 Å². The standard InChI is InChI=1S/C12H13N3O/c1-8(16)15-12-6-10(7-14-12)9-2-4-11(13)5-3-9/h2-7,14H,13H2,1H3,(H,15,16). The average molecular weight is 215 g/mol. The second-order valence-corrected chi connectivity index (χ2v) is 3.61. The summed E-state index contributed by atoms with van der Waals surface area (Å²) in [7, 11) is 0. The summed E-state index contributed by atoms with van der Waals surface area (Å²) in [6.07, 6.45) is 1.84. The van der Waals surface area contributed by atoms with Crippen LogP contribution in [0.2, 0.25) is 0 Å². The van der Waals surface area contributed by atoms with Gasteiger partial charge in [0, 0.05) is 24.4 Å². The van der Waals surface area contributed by atoms with Crippen LogP contribution in [0.25, 0.3) is 11.1 Å². The Labute approximate surface area is 93.5 Å². The van der Waals surface area contributed by atoms with E-state index in [0.717, 1.165) is 16.8 Å². The molecule has 4 nitrogen and oxygen atoms in total. The maximum Gasteiger partial charge on any atom is 0.222 e. The molecule has 0 bridgehead atoms. The molecule has 0 saturated heterocycles. The number of hydrogen-bond acceptors (Lipinski definition) is 2. The SMILES string of the molecule is CC(=O)Nc1cc(-c2ccc(N)cc2)c[nH]1. The van der Waals surface area contributed by atoms with Crippen molar-refractivity contribution in [3.05, 3.63) is 36.5 Å². The van der Waals surface area contributed by atoms with Crippen molar-refractivity contribution in [2.75, 3.05) is 11.1 Å². The number of nitrogens with two attached hydrogens (primary N) is 1. The van der Waals surface area contributed by atoms with Gasteiger partial charge in [0.05, 0.1) is 0 Å². The van der Waals surface area contributed by atoms with Gasteiger partial charge >= 0.3 is 0 Å². The highest BCUT2D eigenvalue weighted by Gasteiger charge is 2.02. The molecule has 0 aliphatic carbocycles. The van der Waals surface area contributed by atoms with Crippen LogP contribution in [0.15, 0.2) is 36.5 Å². The van der Waals surface area contributed by atoms with Crippen LogP contribution in [0, 0.1) is 0 Å². The fourth-order valence-corrected chi connectivity index (χ4v) is 1.50. The number of carbonyl (C=O) groups excluding carboxylic acids is 1. The monoisotopic (exact) mass is 215 g/mol. The number of carbonyl (C=O) groups is 1. The van der Waals surface area contributed by atoms with Crippen LogP contribution in [0.4, 0.5) is 11.5 Å². The Balaban J connectivity index is 2.24. The molecule has 4 heteroatoms. The first-order valence-corrected chi connectivity index (χ1v) is 4.97. The molecule has 82 valence electrons. The van der Waals surface area contributed by atoms with E-state index in [4.69, 9.17) is 5.73 Å². The molecule has 4 N–H and O–H groups in total. The molecular formula is C12H13N3O. The Morgan fingerprint density at radius 3 is 2.56 bits per heavy atom. The van der Waals surface area contributed by atoms with E-state index in [-0.39, 0.29) is 5.91 Å². The zero-order valence-electron chi connectivity index (χ0n) is 8.95. The normalized spacial score (nSPS) is 10.1. The molecule has 0 spiro atoms. The van der Waals surface area contributed by atoms with E-state index >= 15 is 0 Å². The molecule has 1 heterocycles. The number of hydrogen-bond donors (Lipinski definition) is 3. The van der Waals surface area contributed by atoms with Crippen molar-refractivity contribution in [3.63, 3.8) is 0 Å². The fourth-order valence-electron chi connectivity index (χ4n) is 1.50. The average Bonchev–Trinajstić information content (AvgIpc) is 2.66. The predicted molar refractivity (Wildman–Crippen MR) is 64.9 cm³/mol. The number of aromatic amines is 1. The number of nitrogens with one attached hydrogen (secondary N) is 2. The van der Waals surface area contributed by atoms with Gasteiger partial charge in [-0.25, -0.2) is 0 Å². The van der Waals surface area contributed by atoms with Gasteiger partial charge in [0.1, 0.15) is 5.82 Å². The van der Waals surface area contributed by atoms with Crippen LogP contribution in [0.3, 0.4) is 0 Å². The topological polar surface area (TPSA) is 70.9 Å². The summed E-state index contributed by atoms with van der Waals surface area (Å²) in [4.78, 5) is 13.8. The third kappa shape index (κ3) is 2.23. The summed E-state index contributed by atoms with van der Waals surface area (Å²) in [5, 5.41) is 2.69. The lowest BCUT2D eigenvalue weighted by Crippen LogP contribution is -2.05. The fraction of sp³-hybridized carbons (Fsp3) is 0.0833. The van der Waals surface area contributed by atoms with Crippen molar-refractivity contribution in [2.45, 2.75) is 6.92 Å². The van der Waals surface area contributed by atoms with Gasteiger partial charge in [0.2, 0.25) is 5.91 Å². The summed E-state index contributed by atoms with van der Waals surface area (Å²) in [6, 6.07) is 9.46. The van der Waals surface area contributed by atoms with Crippen LogP contribution >= 0.6 is 0 Å². The quantitative estimate of drug-likeness (QED) is 0.672. The summed E-state index contributed by atoms with van der Waals surface area (Å²) in [6.45, 7) is 1.48. The molecular weight excluding hydrogens is 202 g/mol. The lowest BCUT2D eigenvalue weighted by molar-refractivity contribution is -0.114. The van der Waals surface area contributed by atoms with Crippen LogP contribution in [-0.2, 0) is 4.79 Å². The minimum atomic E-state index is -0.0919. The van der Waals surface area contributed by atoms with E-state index in [0.29, 0.717) is 5.82 Å². The van der Waals surface area contributed by atoms with Crippen molar-refractivity contribution in [1.82, 2.24) is 4.98 Å². The van der Waals surface area contributed by atoms with Crippen molar-refractivity contribution in [3.8, 4) is 11.1 Å². The predicted octanol–water partition coefficient (Wildman–Crippen LogP) is 2.22. The largest absolute Gasteiger partial charge is 0.399 e. The molecule has 0 aliphatic heterocycles. The minimum absolute atomic E-state index is 0.0919. The summed E-state index contributed by atoms with van der Waals surface area (Å²) in [5.41, 5.74) is 8.42. The molecule has 0 aliphatic rings. The summed E-state index contributed by atoms with van der Waals surface area (Å²) >= 11 is 0. The molecule has 16 heavy (non-hydrogen) atoms. The molecule has 1 amide bonds. The Bertz CT molecular complexity index is 499. The number of anilines is 2. The highest BCUT2D eigenvalue weighted by molar-refractivity contribution is 5.88. The zero-order valence-corrected chi connectivity index (χ0v) is 8.95. The van der Waals surface area contributed by atoms with Crippen LogP contribution < -0.4 is 11.1 Å². The molecule has 2 rings (SSSR count). The molecule has 1 aromatic heterocycles. The first kappa shape index (κ1) is 10.3. The Kier molecular flexibility index (Phi) is 2.64. The molecule has 1 aromatic carbocycles. The smallest absolute Gasteiger partial charge is 0.222 e. The molecule has 0 unspecified atom stereocenters. The first-order chi connectivity index (χ1) is 7.65. The number of H-pyrrole nitrogens is 1. The van der Waals surface area contributed by atoms with Gasteiger partial charge in [-0.15, -0.1) is 0 Å². The minimum Gasteiger partial charge on any atom is -0.399 e. The van der Waals surface area contributed by atoms with Gasteiger partial charge in [-0.2, -0.15) is 0 Å². The van der Waals surface area contributed by atoms with Gasteiger partial charge < -0.3 is 16.0 Å². The maximum atomic E-state index is 10.9. The number of aromatic nitrogens is 1. The second kappa shape index (κ2) is 4.10. The van der Waals surface area contributed by atoms with Crippen LogP contribution in [-0.4, -0.2) is 10.9 Å². The highest BCUT2D eigenvalue weighted by Crippen LogP contribution is 2.23. The Morgan fingerprint density at radius 2 is 1.94 bits per heavy atom. The third-order valence-electron chi connectivity index (χ3n) is 2.24. The molecule has 0 saturated carbocycles. The van der Waals surface area contributed by atoms with E-state index in [1.165, 1.54) is 6.92 Å². The molecule has 0 radical (unpaired) electrons.